The summed E-state index contributed by atoms with van der Waals surface area (Å²) in [5, 5.41) is 0.270. The summed E-state index contributed by atoms with van der Waals surface area (Å²) >= 11 is 5.99. The van der Waals surface area contributed by atoms with Crippen molar-refractivity contribution in [2.24, 2.45) is 5.92 Å². The third-order valence-corrected chi connectivity index (χ3v) is 4.81. The van der Waals surface area contributed by atoms with Gasteiger partial charge in [0.05, 0.1) is 17.0 Å². The molecule has 0 spiro atoms. The first-order valence-corrected chi connectivity index (χ1v) is 9.63. The van der Waals surface area contributed by atoms with Crippen LogP contribution in [0.1, 0.15) is 36.5 Å². The first kappa shape index (κ1) is 17.1. The van der Waals surface area contributed by atoms with E-state index in [1.165, 1.54) is 6.07 Å². The van der Waals surface area contributed by atoms with Gasteiger partial charge in [-0.2, -0.15) is 0 Å². The Morgan fingerprint density at radius 2 is 2.18 bits per heavy atom. The first-order valence-electron chi connectivity index (χ1n) is 7.36. The molecule has 1 aliphatic heterocycles. The number of benzene rings is 1. The Balaban J connectivity index is 2.21. The Bertz CT molecular complexity index is 661. The summed E-state index contributed by atoms with van der Waals surface area (Å²) in [5.74, 6) is 0.463. The molecule has 1 fully saturated rings. The zero-order valence-corrected chi connectivity index (χ0v) is 14.4. The Morgan fingerprint density at radius 1 is 1.45 bits per heavy atom. The predicted molar refractivity (Wildman–Crippen MR) is 88.8 cm³/mol. The Kier molecular flexibility index (Phi) is 5.34. The lowest BCUT2D eigenvalue weighted by molar-refractivity contribution is 0.0671. The highest BCUT2D eigenvalue weighted by atomic mass is 35.5. The van der Waals surface area contributed by atoms with Gasteiger partial charge in [0.1, 0.15) is 0 Å². The molecule has 0 aromatic heterocycles. The maximum Gasteiger partial charge on any atom is 0.253 e. The number of halogens is 1. The second-order valence-electron chi connectivity index (χ2n) is 5.74. The van der Waals surface area contributed by atoms with Crippen molar-refractivity contribution in [1.82, 2.24) is 4.90 Å². The van der Waals surface area contributed by atoms with Crippen LogP contribution in [0.2, 0.25) is 5.02 Å². The minimum atomic E-state index is -3.44. The highest BCUT2D eigenvalue weighted by Gasteiger charge is 2.24. The van der Waals surface area contributed by atoms with E-state index < -0.39 is 10.0 Å². The second kappa shape index (κ2) is 6.87. The molecule has 0 unspecified atom stereocenters. The summed E-state index contributed by atoms with van der Waals surface area (Å²) in [6, 6.07) is 4.68. The minimum absolute atomic E-state index is 0.0774. The summed E-state index contributed by atoms with van der Waals surface area (Å²) in [6.45, 7) is 3.63. The number of sulfonamides is 1. The maximum atomic E-state index is 12.6. The average molecular weight is 345 g/mol. The van der Waals surface area contributed by atoms with Crippen LogP contribution in [0.5, 0.6) is 0 Å². The summed E-state index contributed by atoms with van der Waals surface area (Å²) in [6.07, 6.45) is 4.27. The van der Waals surface area contributed by atoms with Crippen molar-refractivity contribution in [3.8, 4) is 0 Å². The van der Waals surface area contributed by atoms with Crippen LogP contribution >= 0.6 is 11.6 Å². The van der Waals surface area contributed by atoms with E-state index in [4.69, 9.17) is 11.6 Å². The fraction of sp³-hybridized carbons (Fsp3) is 0.533. The normalized spacial score (nSPS) is 19.0. The molecule has 122 valence electrons. The molecule has 1 aromatic rings. The van der Waals surface area contributed by atoms with Gasteiger partial charge in [0.15, 0.2) is 0 Å². The number of hydrogen-bond donors (Lipinski definition) is 1. The number of carbonyl (C=O) groups excluding carboxylic acids is 1. The molecule has 0 aliphatic carbocycles. The summed E-state index contributed by atoms with van der Waals surface area (Å²) < 4.78 is 25.0. The fourth-order valence-electron chi connectivity index (χ4n) is 2.70. The third-order valence-electron chi connectivity index (χ3n) is 3.89. The molecular weight excluding hydrogens is 324 g/mol. The zero-order chi connectivity index (χ0) is 16.3. The second-order valence-corrected chi connectivity index (χ2v) is 7.89. The monoisotopic (exact) mass is 344 g/mol. The van der Waals surface area contributed by atoms with E-state index in [2.05, 4.69) is 11.6 Å². The van der Waals surface area contributed by atoms with E-state index in [1.54, 1.807) is 12.1 Å². The lowest BCUT2D eigenvalue weighted by Gasteiger charge is -2.32. The third kappa shape index (κ3) is 4.36. The van der Waals surface area contributed by atoms with E-state index in [0.29, 0.717) is 11.5 Å². The Morgan fingerprint density at radius 3 is 2.82 bits per heavy atom. The van der Waals surface area contributed by atoms with Crippen molar-refractivity contribution in [3.63, 3.8) is 0 Å². The molecule has 0 radical (unpaired) electrons. The number of likely N-dealkylation sites (tertiary alicyclic amines) is 1. The molecule has 1 atom stereocenters. The van der Waals surface area contributed by atoms with Crippen molar-refractivity contribution in [1.29, 1.82) is 0 Å². The van der Waals surface area contributed by atoms with Crippen LogP contribution in [-0.2, 0) is 10.0 Å². The highest BCUT2D eigenvalue weighted by Crippen LogP contribution is 2.26. The number of nitrogens with zero attached hydrogens (tertiary/aromatic N) is 1. The van der Waals surface area contributed by atoms with Crippen molar-refractivity contribution in [2.75, 3.05) is 24.1 Å². The number of nitrogens with one attached hydrogen (secondary N) is 1. The number of carbonyl (C=O) groups is 1. The summed E-state index contributed by atoms with van der Waals surface area (Å²) in [4.78, 5) is 14.4. The summed E-state index contributed by atoms with van der Waals surface area (Å²) in [7, 11) is -3.44. The van der Waals surface area contributed by atoms with Crippen LogP contribution < -0.4 is 4.72 Å². The number of rotatable bonds is 4. The molecular formula is C15H21ClN2O3S. The van der Waals surface area contributed by atoms with E-state index in [1.807, 2.05) is 4.90 Å². The molecule has 1 heterocycles. The van der Waals surface area contributed by atoms with Gasteiger partial charge in [0.2, 0.25) is 10.0 Å². The van der Waals surface area contributed by atoms with Gasteiger partial charge in [-0.3, -0.25) is 9.52 Å². The summed E-state index contributed by atoms with van der Waals surface area (Å²) in [5.41, 5.74) is 0.686. The molecule has 1 amide bonds. The minimum Gasteiger partial charge on any atom is -0.338 e. The van der Waals surface area contributed by atoms with E-state index in [9.17, 15) is 13.2 Å². The first-order chi connectivity index (χ1) is 10.3. The molecule has 2 rings (SSSR count). The van der Waals surface area contributed by atoms with Gasteiger partial charge in [0, 0.05) is 18.7 Å². The molecule has 22 heavy (non-hydrogen) atoms. The van der Waals surface area contributed by atoms with Gasteiger partial charge in [0.25, 0.3) is 5.91 Å². The smallest absolute Gasteiger partial charge is 0.253 e. The Hall–Kier alpha value is -1.27. The van der Waals surface area contributed by atoms with E-state index >= 15 is 0 Å². The van der Waals surface area contributed by atoms with Crippen LogP contribution in [0, 0.1) is 5.92 Å². The average Bonchev–Trinajstić information content (AvgIpc) is 2.47. The van der Waals surface area contributed by atoms with E-state index in [0.717, 1.165) is 38.6 Å². The van der Waals surface area contributed by atoms with Crippen molar-refractivity contribution < 1.29 is 13.2 Å². The standard InChI is InChI=1S/C15H21ClN2O3S/c1-3-11-5-4-8-18(10-11)15(19)12-6-7-13(16)14(9-12)17-22(2,20)21/h6-7,9,11,17H,3-5,8,10H2,1-2H3/t11-/m0/s1. The lowest BCUT2D eigenvalue weighted by atomic mass is 9.95. The molecule has 1 aliphatic rings. The van der Waals surface area contributed by atoms with Crippen molar-refractivity contribution in [3.05, 3.63) is 28.8 Å². The topological polar surface area (TPSA) is 66.5 Å². The quantitative estimate of drug-likeness (QED) is 0.913. The van der Waals surface area contributed by atoms with Gasteiger partial charge >= 0.3 is 0 Å². The molecule has 0 saturated carbocycles. The van der Waals surface area contributed by atoms with Crippen molar-refractivity contribution in [2.45, 2.75) is 26.2 Å². The van der Waals surface area contributed by atoms with Gasteiger partial charge < -0.3 is 4.90 Å². The number of amides is 1. The molecule has 1 aromatic carbocycles. The molecule has 1 N–H and O–H groups in total. The number of anilines is 1. The predicted octanol–water partition coefficient (Wildman–Crippen LogP) is 2.97. The van der Waals surface area contributed by atoms with Crippen LogP contribution in [0.15, 0.2) is 18.2 Å². The fourth-order valence-corrected chi connectivity index (χ4v) is 3.49. The lowest BCUT2D eigenvalue weighted by Crippen LogP contribution is -2.39. The van der Waals surface area contributed by atoms with Crippen molar-refractivity contribution >= 4 is 33.2 Å². The van der Waals surface area contributed by atoms with Crippen LogP contribution in [0.25, 0.3) is 0 Å². The van der Waals surface area contributed by atoms with Gasteiger partial charge in [-0.15, -0.1) is 0 Å². The van der Waals surface area contributed by atoms with Crippen LogP contribution in [-0.4, -0.2) is 38.6 Å². The van der Waals surface area contributed by atoms with Crippen LogP contribution in [0.3, 0.4) is 0 Å². The molecule has 0 bridgehead atoms. The SMILES string of the molecule is CC[C@H]1CCCN(C(=O)c2ccc(Cl)c(NS(C)(=O)=O)c2)C1. The molecule has 1 saturated heterocycles. The highest BCUT2D eigenvalue weighted by molar-refractivity contribution is 7.92. The maximum absolute atomic E-state index is 12.6. The molecule has 5 nitrogen and oxygen atoms in total. The number of piperidine rings is 1. The zero-order valence-electron chi connectivity index (χ0n) is 12.8. The van der Waals surface area contributed by atoms with Gasteiger partial charge in [-0.05, 0) is 37.0 Å². The van der Waals surface area contributed by atoms with Gasteiger partial charge in [-0.1, -0.05) is 24.9 Å². The van der Waals surface area contributed by atoms with E-state index in [-0.39, 0.29) is 16.6 Å². The number of hydrogen-bond acceptors (Lipinski definition) is 3. The molecule has 7 heteroatoms. The Labute approximate surface area is 136 Å². The largest absolute Gasteiger partial charge is 0.338 e. The van der Waals surface area contributed by atoms with Crippen LogP contribution in [0.4, 0.5) is 5.69 Å². The van der Waals surface area contributed by atoms with Gasteiger partial charge in [-0.25, -0.2) is 8.42 Å².